The Morgan fingerprint density at radius 1 is 1.42 bits per heavy atom. The number of thiol groups is 1. The third kappa shape index (κ3) is 3.22. The summed E-state index contributed by atoms with van der Waals surface area (Å²) in [6, 6.07) is 0. The Morgan fingerprint density at radius 3 is 2.50 bits per heavy atom. The Labute approximate surface area is 81.8 Å². The van der Waals surface area contributed by atoms with Crippen molar-refractivity contribution < 1.29 is 0 Å². The van der Waals surface area contributed by atoms with Gasteiger partial charge in [0.2, 0.25) is 0 Å². The Balaban J connectivity index is 2.29. The van der Waals surface area contributed by atoms with Gasteiger partial charge in [-0.25, -0.2) is 0 Å². The van der Waals surface area contributed by atoms with E-state index in [1.807, 2.05) is 0 Å². The Kier molecular flexibility index (Phi) is 4.20. The number of allylic oxidation sites excluding steroid dienone is 1. The van der Waals surface area contributed by atoms with Gasteiger partial charge in [-0.3, -0.25) is 0 Å². The van der Waals surface area contributed by atoms with Crippen molar-refractivity contribution in [3.63, 3.8) is 0 Å². The van der Waals surface area contributed by atoms with Gasteiger partial charge in [-0.05, 0) is 32.1 Å². The molecule has 0 aromatic carbocycles. The highest BCUT2D eigenvalue weighted by molar-refractivity contribution is 7.81. The van der Waals surface area contributed by atoms with Crippen molar-refractivity contribution in [1.29, 1.82) is 0 Å². The fourth-order valence-electron chi connectivity index (χ4n) is 2.04. The zero-order valence-corrected chi connectivity index (χ0v) is 8.95. The van der Waals surface area contributed by atoms with Crippen molar-refractivity contribution in [2.45, 2.75) is 50.7 Å². The molecule has 0 aliphatic heterocycles. The highest BCUT2D eigenvalue weighted by Gasteiger charge is 2.20. The lowest BCUT2D eigenvalue weighted by Gasteiger charge is -2.26. The van der Waals surface area contributed by atoms with Gasteiger partial charge >= 0.3 is 0 Å². The Morgan fingerprint density at radius 2 is 2.00 bits per heavy atom. The molecular formula is C11H20S. The highest BCUT2D eigenvalue weighted by atomic mass is 32.1. The van der Waals surface area contributed by atoms with Crippen molar-refractivity contribution in [2.24, 2.45) is 5.92 Å². The molecule has 0 heterocycles. The first-order valence-electron chi connectivity index (χ1n) is 5.02. The van der Waals surface area contributed by atoms with Crippen LogP contribution in [0.15, 0.2) is 12.2 Å². The molecule has 1 rings (SSSR count). The molecule has 1 atom stereocenters. The maximum atomic E-state index is 4.65. The molecule has 1 aliphatic carbocycles. The normalized spacial score (nSPS) is 22.2. The summed E-state index contributed by atoms with van der Waals surface area (Å²) >= 11 is 4.65. The minimum atomic E-state index is 0.572. The lowest BCUT2D eigenvalue weighted by atomic mass is 9.85. The van der Waals surface area contributed by atoms with Crippen LogP contribution < -0.4 is 0 Å². The van der Waals surface area contributed by atoms with Gasteiger partial charge in [-0.1, -0.05) is 24.8 Å². The van der Waals surface area contributed by atoms with Gasteiger partial charge in [0.05, 0.1) is 0 Å². The minimum absolute atomic E-state index is 0.572. The molecule has 0 saturated heterocycles. The molecule has 0 aromatic rings. The SMILES string of the molecule is C=C(C)CC(S)C1CCCCC1. The van der Waals surface area contributed by atoms with E-state index in [4.69, 9.17) is 0 Å². The summed E-state index contributed by atoms with van der Waals surface area (Å²) in [5, 5.41) is 0.572. The molecule has 70 valence electrons. The summed E-state index contributed by atoms with van der Waals surface area (Å²) in [7, 11) is 0. The second-order valence-electron chi connectivity index (χ2n) is 4.13. The van der Waals surface area contributed by atoms with Crippen molar-refractivity contribution in [3.05, 3.63) is 12.2 Å². The molecule has 0 spiro atoms. The molecule has 0 amide bonds. The topological polar surface area (TPSA) is 0 Å². The lowest BCUT2D eigenvalue weighted by Crippen LogP contribution is -2.18. The van der Waals surface area contributed by atoms with E-state index in [-0.39, 0.29) is 0 Å². The van der Waals surface area contributed by atoms with Crippen molar-refractivity contribution in [1.82, 2.24) is 0 Å². The molecular weight excluding hydrogens is 164 g/mol. The van der Waals surface area contributed by atoms with Gasteiger partial charge in [0, 0.05) is 5.25 Å². The monoisotopic (exact) mass is 184 g/mol. The van der Waals surface area contributed by atoms with E-state index in [0.29, 0.717) is 5.25 Å². The quantitative estimate of drug-likeness (QED) is 0.500. The van der Waals surface area contributed by atoms with E-state index in [0.717, 1.165) is 12.3 Å². The first-order chi connectivity index (χ1) is 5.70. The standard InChI is InChI=1S/C11H20S/c1-9(2)8-11(12)10-6-4-3-5-7-10/h10-12H,1,3-8H2,2H3. The molecule has 12 heavy (non-hydrogen) atoms. The van der Waals surface area contributed by atoms with Crippen LogP contribution in [0.3, 0.4) is 0 Å². The van der Waals surface area contributed by atoms with E-state index in [2.05, 4.69) is 26.1 Å². The average Bonchev–Trinajstić information content (AvgIpc) is 2.05. The average molecular weight is 184 g/mol. The number of rotatable bonds is 3. The summed E-state index contributed by atoms with van der Waals surface area (Å²) in [6.45, 7) is 6.04. The summed E-state index contributed by atoms with van der Waals surface area (Å²) in [6.07, 6.45) is 8.15. The van der Waals surface area contributed by atoms with Crippen LogP contribution in [0, 0.1) is 5.92 Å². The molecule has 0 aromatic heterocycles. The first kappa shape index (κ1) is 10.2. The van der Waals surface area contributed by atoms with Crippen LogP contribution in [0.1, 0.15) is 45.4 Å². The Hall–Kier alpha value is 0.0900. The zero-order chi connectivity index (χ0) is 8.97. The first-order valence-corrected chi connectivity index (χ1v) is 5.54. The third-order valence-electron chi connectivity index (χ3n) is 2.75. The molecule has 1 fully saturated rings. The highest BCUT2D eigenvalue weighted by Crippen LogP contribution is 2.31. The molecule has 0 N–H and O–H groups in total. The lowest BCUT2D eigenvalue weighted by molar-refractivity contribution is 0.348. The van der Waals surface area contributed by atoms with Gasteiger partial charge < -0.3 is 0 Å². The largest absolute Gasteiger partial charge is 0.175 e. The summed E-state index contributed by atoms with van der Waals surface area (Å²) < 4.78 is 0. The van der Waals surface area contributed by atoms with E-state index in [9.17, 15) is 0 Å². The Bertz CT molecular complexity index is 145. The van der Waals surface area contributed by atoms with Crippen LogP contribution in [0.2, 0.25) is 0 Å². The van der Waals surface area contributed by atoms with Gasteiger partial charge in [-0.15, -0.1) is 6.58 Å². The number of hydrogen-bond donors (Lipinski definition) is 1. The number of hydrogen-bond acceptors (Lipinski definition) is 1. The van der Waals surface area contributed by atoms with Crippen LogP contribution in [0.4, 0.5) is 0 Å². The molecule has 1 saturated carbocycles. The predicted octanol–water partition coefficient (Wildman–Crippen LogP) is 3.83. The van der Waals surface area contributed by atoms with E-state index in [1.165, 1.54) is 37.7 Å². The van der Waals surface area contributed by atoms with Crippen LogP contribution in [-0.4, -0.2) is 5.25 Å². The predicted molar refractivity (Wildman–Crippen MR) is 58.8 cm³/mol. The summed E-state index contributed by atoms with van der Waals surface area (Å²) in [5.41, 5.74) is 1.28. The van der Waals surface area contributed by atoms with E-state index in [1.54, 1.807) is 0 Å². The van der Waals surface area contributed by atoms with Crippen molar-refractivity contribution in [2.75, 3.05) is 0 Å². The third-order valence-corrected chi connectivity index (χ3v) is 3.36. The molecule has 1 unspecified atom stereocenters. The summed E-state index contributed by atoms with van der Waals surface area (Å²) in [4.78, 5) is 0. The van der Waals surface area contributed by atoms with E-state index < -0.39 is 0 Å². The van der Waals surface area contributed by atoms with Crippen molar-refractivity contribution >= 4 is 12.6 Å². The maximum Gasteiger partial charge on any atom is 0.00820 e. The van der Waals surface area contributed by atoms with Gasteiger partial charge in [-0.2, -0.15) is 12.6 Å². The van der Waals surface area contributed by atoms with Gasteiger partial charge in [0.15, 0.2) is 0 Å². The summed E-state index contributed by atoms with van der Waals surface area (Å²) in [5.74, 6) is 0.860. The second kappa shape index (κ2) is 4.96. The molecule has 0 radical (unpaired) electrons. The smallest absolute Gasteiger partial charge is 0.00820 e. The van der Waals surface area contributed by atoms with Crippen LogP contribution in [0.25, 0.3) is 0 Å². The minimum Gasteiger partial charge on any atom is -0.175 e. The van der Waals surface area contributed by atoms with E-state index >= 15 is 0 Å². The maximum absolute atomic E-state index is 4.65. The molecule has 1 heteroatoms. The second-order valence-corrected chi connectivity index (χ2v) is 4.79. The van der Waals surface area contributed by atoms with Gasteiger partial charge in [0.1, 0.15) is 0 Å². The molecule has 0 nitrogen and oxygen atoms in total. The molecule has 1 aliphatic rings. The van der Waals surface area contributed by atoms with Crippen LogP contribution in [0.5, 0.6) is 0 Å². The fraction of sp³-hybridized carbons (Fsp3) is 0.818. The van der Waals surface area contributed by atoms with Crippen molar-refractivity contribution in [3.8, 4) is 0 Å². The van der Waals surface area contributed by atoms with Crippen LogP contribution >= 0.6 is 12.6 Å². The fourth-order valence-corrected chi connectivity index (χ4v) is 2.65. The van der Waals surface area contributed by atoms with Gasteiger partial charge in [0.25, 0.3) is 0 Å². The zero-order valence-electron chi connectivity index (χ0n) is 8.05. The van der Waals surface area contributed by atoms with Crippen LogP contribution in [-0.2, 0) is 0 Å². The molecule has 0 bridgehead atoms.